The van der Waals surface area contributed by atoms with Crippen molar-refractivity contribution in [2.75, 3.05) is 18.1 Å². The summed E-state index contributed by atoms with van der Waals surface area (Å²) in [6.07, 6.45) is 0.488. The number of aryl methyl sites for hydroxylation is 1. The standard InChI is InChI=1S/C24H23N3O7/c1-4-33-17-10-7-15(8-11-17)18(13-28)21-22(29)20(24(30)34-5-2)23(25)26(21)19-12-16(27(31)32)9-6-14(19)3/h6-13,25,29H,4-5H2,1-3H3/b21-18-,25-23?. The van der Waals surface area contributed by atoms with E-state index in [-0.39, 0.29) is 29.3 Å². The van der Waals surface area contributed by atoms with Crippen LogP contribution in [0.3, 0.4) is 0 Å². The fourth-order valence-corrected chi connectivity index (χ4v) is 3.56. The molecule has 1 aliphatic heterocycles. The average Bonchev–Trinajstić information content (AvgIpc) is 3.06. The Morgan fingerprint density at radius 3 is 2.41 bits per heavy atom. The van der Waals surface area contributed by atoms with Crippen LogP contribution in [-0.4, -0.2) is 41.3 Å². The number of nitrogens with zero attached hydrogens (tertiary/aromatic N) is 2. The van der Waals surface area contributed by atoms with E-state index in [2.05, 4.69) is 0 Å². The van der Waals surface area contributed by atoms with E-state index in [0.29, 0.717) is 29.8 Å². The maximum atomic E-state index is 12.6. The van der Waals surface area contributed by atoms with Crippen LogP contribution in [0.2, 0.25) is 0 Å². The van der Waals surface area contributed by atoms with Crippen LogP contribution in [0.15, 0.2) is 59.5 Å². The van der Waals surface area contributed by atoms with Crippen molar-refractivity contribution < 1.29 is 29.1 Å². The minimum atomic E-state index is -0.954. The molecular weight excluding hydrogens is 442 g/mol. The van der Waals surface area contributed by atoms with Crippen molar-refractivity contribution in [3.05, 3.63) is 80.7 Å². The largest absolute Gasteiger partial charge is 0.505 e. The summed E-state index contributed by atoms with van der Waals surface area (Å²) in [5, 5.41) is 31.1. The topological polar surface area (TPSA) is 143 Å². The summed E-state index contributed by atoms with van der Waals surface area (Å²) in [7, 11) is 0. The number of carbonyl (C=O) groups is 2. The number of anilines is 1. The summed E-state index contributed by atoms with van der Waals surface area (Å²) in [4.78, 5) is 36.7. The number of ether oxygens (including phenoxy) is 2. The number of non-ortho nitro benzene ring substituents is 1. The molecule has 0 amide bonds. The van der Waals surface area contributed by atoms with Crippen molar-refractivity contribution in [3.8, 4) is 5.75 Å². The van der Waals surface area contributed by atoms with Gasteiger partial charge in [0.15, 0.2) is 12.0 Å². The molecule has 0 saturated heterocycles. The lowest BCUT2D eigenvalue weighted by molar-refractivity contribution is -0.384. The molecule has 0 unspecified atom stereocenters. The maximum absolute atomic E-state index is 12.6. The predicted molar refractivity (Wildman–Crippen MR) is 125 cm³/mol. The van der Waals surface area contributed by atoms with Gasteiger partial charge in [-0.25, -0.2) is 4.79 Å². The quantitative estimate of drug-likeness (QED) is 0.195. The number of allylic oxidation sites excluding steroid dienone is 1. The van der Waals surface area contributed by atoms with Crippen LogP contribution >= 0.6 is 0 Å². The van der Waals surface area contributed by atoms with Crippen molar-refractivity contribution in [1.29, 1.82) is 5.41 Å². The van der Waals surface area contributed by atoms with Crippen molar-refractivity contribution in [2.45, 2.75) is 20.8 Å². The molecule has 0 spiro atoms. The van der Waals surface area contributed by atoms with E-state index in [1.54, 1.807) is 38.1 Å². The molecule has 0 fully saturated rings. The molecule has 2 N–H and O–H groups in total. The molecule has 34 heavy (non-hydrogen) atoms. The van der Waals surface area contributed by atoms with E-state index in [4.69, 9.17) is 14.9 Å². The second kappa shape index (κ2) is 9.99. The number of aliphatic hydroxyl groups excluding tert-OH is 1. The summed E-state index contributed by atoms with van der Waals surface area (Å²) in [6, 6.07) is 10.5. The lowest BCUT2D eigenvalue weighted by atomic mass is 10.0. The third-order valence-electron chi connectivity index (χ3n) is 5.12. The van der Waals surface area contributed by atoms with Crippen molar-refractivity contribution in [2.24, 2.45) is 0 Å². The molecule has 176 valence electrons. The Bertz CT molecular complexity index is 1230. The number of hydrogen-bond donors (Lipinski definition) is 2. The molecule has 10 heteroatoms. The number of nitrogens with one attached hydrogen (secondary N) is 1. The Hall–Kier alpha value is -4.47. The van der Waals surface area contributed by atoms with E-state index in [9.17, 15) is 24.8 Å². The molecule has 0 atom stereocenters. The van der Waals surface area contributed by atoms with Crippen LogP contribution in [0.1, 0.15) is 25.0 Å². The summed E-state index contributed by atoms with van der Waals surface area (Å²) in [5.74, 6) is -1.49. The number of nitro benzene ring substituents is 1. The number of benzene rings is 2. The molecule has 0 saturated carbocycles. The van der Waals surface area contributed by atoms with Crippen molar-refractivity contribution in [3.63, 3.8) is 0 Å². The van der Waals surface area contributed by atoms with Crippen LogP contribution in [0.25, 0.3) is 5.57 Å². The highest BCUT2D eigenvalue weighted by atomic mass is 16.6. The van der Waals surface area contributed by atoms with Gasteiger partial charge in [-0.15, -0.1) is 0 Å². The number of esters is 1. The number of carbonyl (C=O) groups excluding carboxylic acids is 2. The molecule has 10 nitrogen and oxygen atoms in total. The molecule has 3 rings (SSSR count). The summed E-state index contributed by atoms with van der Waals surface area (Å²) in [5.41, 5.74) is 0.156. The highest BCUT2D eigenvalue weighted by molar-refractivity contribution is 6.30. The third kappa shape index (κ3) is 4.38. The molecule has 0 aromatic heterocycles. The van der Waals surface area contributed by atoms with Gasteiger partial charge in [0.05, 0.1) is 23.8 Å². The normalized spacial score (nSPS) is 14.8. The Labute approximate surface area is 195 Å². The SMILES string of the molecule is CCOC(=O)C1=C(O)/C(=C(\C=O)c2ccc(OCC)cc2)N(c2cc([N+](=O)[O-])ccc2C)C1=N. The van der Waals surface area contributed by atoms with Gasteiger partial charge in [0, 0.05) is 17.7 Å². The molecular formula is C24H23N3O7. The number of nitro groups is 1. The van der Waals surface area contributed by atoms with E-state index >= 15 is 0 Å². The lowest BCUT2D eigenvalue weighted by Crippen LogP contribution is -2.29. The van der Waals surface area contributed by atoms with Gasteiger partial charge in [0.1, 0.15) is 22.9 Å². The third-order valence-corrected chi connectivity index (χ3v) is 5.12. The molecule has 0 bridgehead atoms. The molecule has 0 aliphatic carbocycles. The Balaban J connectivity index is 2.30. The lowest BCUT2D eigenvalue weighted by Gasteiger charge is -2.24. The van der Waals surface area contributed by atoms with Gasteiger partial charge in [0.25, 0.3) is 5.69 Å². The number of rotatable bonds is 8. The first-order valence-electron chi connectivity index (χ1n) is 10.4. The predicted octanol–water partition coefficient (Wildman–Crippen LogP) is 4.08. The first kappa shape index (κ1) is 24.2. The van der Waals surface area contributed by atoms with Crippen LogP contribution in [0.5, 0.6) is 5.75 Å². The van der Waals surface area contributed by atoms with Gasteiger partial charge in [-0.05, 0) is 44.0 Å². The second-order valence-electron chi connectivity index (χ2n) is 7.19. The maximum Gasteiger partial charge on any atom is 0.345 e. The van der Waals surface area contributed by atoms with Crippen LogP contribution < -0.4 is 9.64 Å². The van der Waals surface area contributed by atoms with Gasteiger partial charge in [-0.2, -0.15) is 0 Å². The highest BCUT2D eigenvalue weighted by Gasteiger charge is 2.41. The second-order valence-corrected chi connectivity index (χ2v) is 7.19. The summed E-state index contributed by atoms with van der Waals surface area (Å²) in [6.45, 7) is 5.50. The van der Waals surface area contributed by atoms with Gasteiger partial charge in [-0.1, -0.05) is 18.2 Å². The zero-order valence-electron chi connectivity index (χ0n) is 18.8. The Kier molecular flexibility index (Phi) is 7.10. The summed E-state index contributed by atoms with van der Waals surface area (Å²) < 4.78 is 10.4. The van der Waals surface area contributed by atoms with Crippen LogP contribution in [0.4, 0.5) is 11.4 Å². The monoisotopic (exact) mass is 465 g/mol. The van der Waals surface area contributed by atoms with Crippen LogP contribution in [0, 0.1) is 22.4 Å². The van der Waals surface area contributed by atoms with E-state index < -0.39 is 28.1 Å². The smallest absolute Gasteiger partial charge is 0.345 e. The molecule has 1 heterocycles. The van der Waals surface area contributed by atoms with Gasteiger partial charge >= 0.3 is 5.97 Å². The Morgan fingerprint density at radius 2 is 1.85 bits per heavy atom. The number of amidine groups is 1. The fraction of sp³-hybridized carbons (Fsp3) is 0.208. The Morgan fingerprint density at radius 1 is 1.18 bits per heavy atom. The van der Waals surface area contributed by atoms with Gasteiger partial charge in [0.2, 0.25) is 0 Å². The zero-order chi connectivity index (χ0) is 25.0. The van der Waals surface area contributed by atoms with Gasteiger partial charge < -0.3 is 14.6 Å². The first-order valence-corrected chi connectivity index (χ1v) is 10.4. The summed E-state index contributed by atoms with van der Waals surface area (Å²) >= 11 is 0. The number of aldehydes is 1. The van der Waals surface area contributed by atoms with Crippen molar-refractivity contribution >= 4 is 35.0 Å². The minimum Gasteiger partial charge on any atom is -0.505 e. The number of hydrogen-bond acceptors (Lipinski definition) is 8. The zero-order valence-corrected chi connectivity index (χ0v) is 18.8. The molecule has 1 aliphatic rings. The molecule has 2 aromatic carbocycles. The fourth-order valence-electron chi connectivity index (χ4n) is 3.56. The van der Waals surface area contributed by atoms with E-state index in [1.807, 2.05) is 6.92 Å². The van der Waals surface area contributed by atoms with Crippen molar-refractivity contribution in [1.82, 2.24) is 0 Å². The first-order chi connectivity index (χ1) is 16.2. The van der Waals surface area contributed by atoms with Gasteiger partial charge in [-0.3, -0.25) is 25.2 Å². The molecule has 0 radical (unpaired) electrons. The minimum absolute atomic E-state index is 0.00277. The highest BCUT2D eigenvalue weighted by Crippen LogP contribution is 2.40. The van der Waals surface area contributed by atoms with E-state index in [0.717, 1.165) is 4.90 Å². The average molecular weight is 465 g/mol. The number of aliphatic hydroxyl groups is 1. The molecule has 2 aromatic rings. The van der Waals surface area contributed by atoms with Crippen LogP contribution in [-0.2, 0) is 14.3 Å². The van der Waals surface area contributed by atoms with E-state index in [1.165, 1.54) is 18.2 Å².